The maximum atomic E-state index is 16.3. The molecule has 9 nitrogen and oxygen atoms in total. The van der Waals surface area contributed by atoms with Crippen molar-refractivity contribution in [3.63, 3.8) is 0 Å². The van der Waals surface area contributed by atoms with Crippen LogP contribution in [-0.2, 0) is 33.0 Å². The van der Waals surface area contributed by atoms with Gasteiger partial charge in [-0.2, -0.15) is 0 Å². The molecule has 0 unspecified atom stereocenters. The third-order valence-corrected chi connectivity index (χ3v) is 12.4. The first-order chi connectivity index (χ1) is 23.9. The van der Waals surface area contributed by atoms with Gasteiger partial charge < -0.3 is 34.8 Å². The lowest BCUT2D eigenvalue weighted by Crippen LogP contribution is -2.45. The Hall–Kier alpha value is -4.84. The number of rotatable bonds is 11. The highest BCUT2D eigenvalue weighted by Crippen LogP contribution is 2.60. The number of aliphatic hydroxyl groups excluding tert-OH is 1. The first-order valence-corrected chi connectivity index (χ1v) is 19.8. The molecule has 3 amide bonds. The molecule has 2 aliphatic rings. The second kappa shape index (κ2) is 14.2. The van der Waals surface area contributed by atoms with Crippen LogP contribution in [0.1, 0.15) is 40.4 Å². The molecule has 11 heteroatoms. The summed E-state index contributed by atoms with van der Waals surface area (Å²) in [5.41, 5.74) is 8.37. The lowest BCUT2D eigenvalue weighted by atomic mass is 9.82. The van der Waals surface area contributed by atoms with Crippen LogP contribution in [0.4, 0.5) is 21.2 Å². The van der Waals surface area contributed by atoms with Gasteiger partial charge in [0.15, 0.2) is 5.60 Å². The number of halogens is 1. The summed E-state index contributed by atoms with van der Waals surface area (Å²) in [6, 6.07) is 30.8. The zero-order chi connectivity index (χ0) is 35.6. The van der Waals surface area contributed by atoms with Crippen LogP contribution in [0, 0.1) is 5.92 Å². The summed E-state index contributed by atoms with van der Waals surface area (Å²) in [6.07, 6.45) is -0.940. The highest BCUT2D eigenvalue weighted by atomic mass is 28.4. The van der Waals surface area contributed by atoms with E-state index in [0.717, 1.165) is 11.1 Å². The van der Waals surface area contributed by atoms with Gasteiger partial charge in [0.25, 0.3) is 11.8 Å². The molecule has 1 spiro atoms. The fraction of sp³-hybridized carbons (Fsp3) is 0.308. The standard InChI is InChI=1S/C39H43FN4O5Si/c1-26-36(50(2,3)40)34(23-35(46)43(21-22-45)24-27-9-5-4-6-10-27)49-39(26)32-11-7-8-12-33(32)44(38(39)48)25-28-13-19-31(20-14-28)42-37(47)29-15-17-30(41)18-16-29/h4-20,26,34,36,45H,21-25,41H2,1-3H3,(H,42,47)/t26-,34+,36-,39+/m0/s1. The van der Waals surface area contributed by atoms with Crippen LogP contribution in [0.3, 0.4) is 0 Å². The molecule has 0 radical (unpaired) electrons. The Morgan fingerprint density at radius 1 is 0.960 bits per heavy atom. The highest BCUT2D eigenvalue weighted by Gasteiger charge is 2.66. The molecule has 1 fully saturated rings. The Balaban J connectivity index is 1.24. The Morgan fingerprint density at radius 2 is 1.62 bits per heavy atom. The van der Waals surface area contributed by atoms with E-state index in [2.05, 4.69) is 5.32 Å². The quantitative estimate of drug-likeness (QED) is 0.0969. The molecule has 6 rings (SSSR count). The van der Waals surface area contributed by atoms with Crippen LogP contribution in [-0.4, -0.2) is 55.4 Å². The van der Waals surface area contributed by atoms with Crippen LogP contribution >= 0.6 is 0 Å². The average Bonchev–Trinajstić information content (AvgIpc) is 3.52. The van der Waals surface area contributed by atoms with Crippen molar-refractivity contribution in [2.45, 2.75) is 56.8 Å². The largest absolute Gasteiger partial charge is 0.399 e. The van der Waals surface area contributed by atoms with Gasteiger partial charge in [-0.05, 0) is 66.7 Å². The number of nitrogens with zero attached hydrogens (tertiary/aromatic N) is 2. The SMILES string of the molecule is C[C@H]1[C@H]([Si](C)(C)F)[C@@H](CC(=O)N(CCO)Cc2ccccc2)O[C@]12C(=O)N(Cc1ccc(NC(=O)c3ccc(N)cc3)cc1)c1ccccc12. The van der Waals surface area contributed by atoms with Crippen LogP contribution < -0.4 is 16.0 Å². The zero-order valence-electron chi connectivity index (χ0n) is 28.5. The van der Waals surface area contributed by atoms with E-state index < -0.39 is 31.6 Å². The number of nitrogens with two attached hydrogens (primary N) is 1. The molecule has 0 aromatic heterocycles. The van der Waals surface area contributed by atoms with Crippen LogP contribution in [0.2, 0.25) is 18.6 Å². The third kappa shape index (κ3) is 6.81. The van der Waals surface area contributed by atoms with E-state index in [9.17, 15) is 19.5 Å². The Labute approximate surface area is 293 Å². The van der Waals surface area contributed by atoms with Crippen molar-refractivity contribution >= 4 is 43.2 Å². The van der Waals surface area contributed by atoms with Gasteiger partial charge in [0, 0.05) is 47.1 Å². The van der Waals surface area contributed by atoms with Crippen molar-refractivity contribution in [2.24, 2.45) is 5.92 Å². The zero-order valence-corrected chi connectivity index (χ0v) is 29.5. The number of hydrogen-bond acceptors (Lipinski definition) is 6. The first-order valence-electron chi connectivity index (χ1n) is 16.9. The van der Waals surface area contributed by atoms with Crippen molar-refractivity contribution in [3.8, 4) is 0 Å². The van der Waals surface area contributed by atoms with Gasteiger partial charge >= 0.3 is 0 Å². The molecule has 4 N–H and O–H groups in total. The summed E-state index contributed by atoms with van der Waals surface area (Å²) in [5.74, 6) is -1.37. The topological polar surface area (TPSA) is 125 Å². The number of anilines is 3. The van der Waals surface area contributed by atoms with E-state index in [4.69, 9.17) is 10.5 Å². The molecule has 50 heavy (non-hydrogen) atoms. The summed E-state index contributed by atoms with van der Waals surface area (Å²) in [6.45, 7) is 5.53. The minimum Gasteiger partial charge on any atom is -0.399 e. The van der Waals surface area contributed by atoms with Gasteiger partial charge in [0.2, 0.25) is 14.3 Å². The normalized spacial score (nSPS) is 21.3. The number of ether oxygens (including phenoxy) is 1. The number of amides is 3. The van der Waals surface area contributed by atoms with Gasteiger partial charge in [-0.25, -0.2) is 0 Å². The number of hydrogen-bond donors (Lipinski definition) is 3. The molecular weight excluding hydrogens is 652 g/mol. The van der Waals surface area contributed by atoms with Gasteiger partial charge in [-0.15, -0.1) is 0 Å². The lowest BCUT2D eigenvalue weighted by molar-refractivity contribution is -0.150. The Bertz CT molecular complexity index is 1850. The molecule has 2 heterocycles. The van der Waals surface area contributed by atoms with Crippen molar-refractivity contribution in [2.75, 3.05) is 29.1 Å². The summed E-state index contributed by atoms with van der Waals surface area (Å²) < 4.78 is 23.1. The van der Waals surface area contributed by atoms with E-state index in [-0.39, 0.29) is 43.8 Å². The summed E-state index contributed by atoms with van der Waals surface area (Å²) >= 11 is 0. The fourth-order valence-corrected chi connectivity index (χ4v) is 10.1. The van der Waals surface area contributed by atoms with Crippen LogP contribution in [0.5, 0.6) is 0 Å². The first kappa shape index (κ1) is 35.0. The summed E-state index contributed by atoms with van der Waals surface area (Å²) in [7, 11) is -3.49. The number of benzene rings is 4. The summed E-state index contributed by atoms with van der Waals surface area (Å²) in [5, 5.41) is 12.6. The van der Waals surface area contributed by atoms with Crippen LogP contribution in [0.25, 0.3) is 0 Å². The second-order valence-corrected chi connectivity index (χ2v) is 17.5. The van der Waals surface area contributed by atoms with Gasteiger partial charge in [0.05, 0.1) is 31.4 Å². The maximum absolute atomic E-state index is 16.3. The summed E-state index contributed by atoms with van der Waals surface area (Å²) in [4.78, 5) is 44.4. The molecule has 4 atom stereocenters. The average molecular weight is 695 g/mol. The molecule has 4 aromatic carbocycles. The molecule has 0 aliphatic carbocycles. The fourth-order valence-electron chi connectivity index (χ4n) is 7.59. The number of carbonyl (C=O) groups is 3. The molecule has 260 valence electrons. The molecule has 1 saturated heterocycles. The van der Waals surface area contributed by atoms with Gasteiger partial charge in [0.1, 0.15) is 0 Å². The molecule has 0 saturated carbocycles. The predicted molar refractivity (Wildman–Crippen MR) is 194 cm³/mol. The maximum Gasteiger partial charge on any atom is 0.264 e. The molecular formula is C39H43FN4O5Si. The Morgan fingerprint density at radius 3 is 2.28 bits per heavy atom. The third-order valence-electron chi connectivity index (χ3n) is 9.91. The smallest absolute Gasteiger partial charge is 0.264 e. The van der Waals surface area contributed by atoms with E-state index >= 15 is 4.11 Å². The molecule has 4 aromatic rings. The van der Waals surface area contributed by atoms with Crippen molar-refractivity contribution in [1.82, 2.24) is 4.90 Å². The molecule has 2 aliphatic heterocycles. The monoisotopic (exact) mass is 694 g/mol. The minimum atomic E-state index is -3.49. The second-order valence-electron chi connectivity index (χ2n) is 13.7. The Kier molecular flexibility index (Phi) is 9.93. The number of fused-ring (bicyclic) bond motifs is 2. The number of nitrogen functional groups attached to an aromatic ring is 1. The van der Waals surface area contributed by atoms with E-state index in [0.29, 0.717) is 34.7 Å². The number of carbonyl (C=O) groups excluding carboxylic acids is 3. The minimum absolute atomic E-state index is 0.108. The van der Waals surface area contributed by atoms with Gasteiger partial charge in [-0.3, -0.25) is 14.4 Å². The molecule has 0 bridgehead atoms. The van der Waals surface area contributed by atoms with E-state index in [1.54, 1.807) is 59.3 Å². The number of nitrogens with one attached hydrogen (secondary N) is 1. The van der Waals surface area contributed by atoms with Crippen LogP contribution in [0.15, 0.2) is 103 Å². The lowest BCUT2D eigenvalue weighted by Gasteiger charge is -2.31. The van der Waals surface area contributed by atoms with Crippen molar-refractivity contribution in [1.29, 1.82) is 0 Å². The van der Waals surface area contributed by atoms with Crippen molar-refractivity contribution in [3.05, 3.63) is 125 Å². The van der Waals surface area contributed by atoms with E-state index in [1.165, 1.54) is 0 Å². The number of aliphatic hydroxyl groups is 1. The van der Waals surface area contributed by atoms with Gasteiger partial charge in [-0.1, -0.05) is 67.6 Å². The predicted octanol–water partition coefficient (Wildman–Crippen LogP) is 6.25. The van der Waals surface area contributed by atoms with Crippen molar-refractivity contribution < 1.29 is 28.3 Å². The number of para-hydroxylation sites is 1. The van der Waals surface area contributed by atoms with E-state index in [1.807, 2.05) is 73.7 Å². The highest BCUT2D eigenvalue weighted by molar-refractivity contribution is 6.72.